The molecule has 1 aromatic rings. The van der Waals surface area contributed by atoms with Crippen LogP contribution in [0.25, 0.3) is 0 Å². The summed E-state index contributed by atoms with van der Waals surface area (Å²) in [7, 11) is 0. The van der Waals surface area contributed by atoms with E-state index in [1.165, 1.54) is 0 Å². The minimum absolute atomic E-state index is 0. The molecule has 0 unspecified atom stereocenters. The summed E-state index contributed by atoms with van der Waals surface area (Å²) in [5.41, 5.74) is 0.640. The fraction of sp³-hybridized carbons (Fsp3) is 0. The molecule has 0 amide bonds. The van der Waals surface area contributed by atoms with E-state index in [-0.39, 0.29) is 74.0 Å². The molecule has 1 aromatic carbocycles. The van der Waals surface area contributed by atoms with Gasteiger partial charge in [0.05, 0.1) is 0 Å². The average Bonchev–Trinajstić information content (AvgIpc) is 1.90. The molecular weight excluding hydrogens is 265 g/mol. The first-order chi connectivity index (χ1) is 4.30. The van der Waals surface area contributed by atoms with Crippen LogP contribution < -0.4 is 0 Å². The summed E-state index contributed by atoms with van der Waals surface area (Å²) in [6, 6.07) is 8.94. The molecular formula is C7H7CsOS. The van der Waals surface area contributed by atoms with E-state index in [4.69, 9.17) is 0 Å². The van der Waals surface area contributed by atoms with Crippen molar-refractivity contribution in [2.75, 3.05) is 0 Å². The van der Waals surface area contributed by atoms with E-state index in [0.717, 1.165) is 0 Å². The van der Waals surface area contributed by atoms with Gasteiger partial charge in [-0.05, 0) is 0 Å². The van der Waals surface area contributed by atoms with Gasteiger partial charge in [-0.3, -0.25) is 4.79 Å². The van der Waals surface area contributed by atoms with Crippen molar-refractivity contribution in [1.29, 1.82) is 0 Å². The van der Waals surface area contributed by atoms with Gasteiger partial charge in [0.1, 0.15) is 0 Å². The average molecular weight is 272 g/mol. The van der Waals surface area contributed by atoms with Gasteiger partial charge in [0.2, 0.25) is 5.12 Å². The van der Waals surface area contributed by atoms with Gasteiger partial charge in [0, 0.05) is 5.56 Å². The molecule has 0 aromatic heterocycles. The zero-order valence-corrected chi connectivity index (χ0v) is 5.64. The fourth-order valence-electron chi connectivity index (χ4n) is 0.581. The summed E-state index contributed by atoms with van der Waals surface area (Å²) in [4.78, 5) is 10.5. The first-order valence-corrected chi connectivity index (χ1v) is 3.04. The molecule has 1 rings (SSSR count). The first kappa shape index (κ1) is 11.3. The first-order valence-electron chi connectivity index (χ1n) is 2.59. The molecule has 0 aliphatic heterocycles. The van der Waals surface area contributed by atoms with Crippen LogP contribution in [0.1, 0.15) is 10.4 Å². The second-order valence-electron chi connectivity index (χ2n) is 1.67. The van der Waals surface area contributed by atoms with Gasteiger partial charge in [-0.15, -0.1) is 12.6 Å². The van der Waals surface area contributed by atoms with E-state index >= 15 is 0 Å². The van der Waals surface area contributed by atoms with Gasteiger partial charge in [0.25, 0.3) is 0 Å². The van der Waals surface area contributed by atoms with E-state index in [9.17, 15) is 4.79 Å². The van der Waals surface area contributed by atoms with Gasteiger partial charge >= 0.3 is 68.9 Å². The zero-order chi connectivity index (χ0) is 6.69. The molecule has 1 nitrogen and oxygen atoms in total. The SMILES string of the molecule is O=C(S)c1ccccc1.[CsH]. The van der Waals surface area contributed by atoms with Crippen LogP contribution >= 0.6 is 12.6 Å². The molecule has 0 saturated heterocycles. The summed E-state index contributed by atoms with van der Waals surface area (Å²) in [6.07, 6.45) is 0. The number of carbonyl (C=O) groups is 1. The number of rotatable bonds is 1. The van der Waals surface area contributed by atoms with E-state index in [2.05, 4.69) is 12.6 Å². The van der Waals surface area contributed by atoms with Gasteiger partial charge in [-0.1, -0.05) is 30.3 Å². The summed E-state index contributed by atoms with van der Waals surface area (Å²) in [6.45, 7) is 0. The number of benzene rings is 1. The van der Waals surface area contributed by atoms with Gasteiger partial charge in [-0.2, -0.15) is 0 Å². The number of carbonyl (C=O) groups excluding carboxylic acids is 1. The van der Waals surface area contributed by atoms with Crippen molar-refractivity contribution in [3.63, 3.8) is 0 Å². The molecule has 0 aliphatic rings. The van der Waals surface area contributed by atoms with Crippen molar-refractivity contribution in [3.05, 3.63) is 35.9 Å². The molecule has 0 bridgehead atoms. The summed E-state index contributed by atoms with van der Waals surface area (Å²) < 4.78 is 0. The molecule has 0 spiro atoms. The molecule has 0 heterocycles. The summed E-state index contributed by atoms with van der Waals surface area (Å²) in [5, 5.41) is -0.185. The van der Waals surface area contributed by atoms with Crippen LogP contribution in [0.15, 0.2) is 30.3 Å². The molecule has 0 aliphatic carbocycles. The van der Waals surface area contributed by atoms with Crippen molar-refractivity contribution in [2.45, 2.75) is 0 Å². The Morgan fingerprint density at radius 3 is 2.00 bits per heavy atom. The topological polar surface area (TPSA) is 17.1 Å². The standard InChI is InChI=1S/C7H6OS.Cs.H/c8-7(9)6-4-2-1-3-5-6;;/h1-5H,(H,8,9);;. The van der Waals surface area contributed by atoms with Crippen LogP contribution in [0.4, 0.5) is 0 Å². The van der Waals surface area contributed by atoms with Crippen LogP contribution in [-0.2, 0) is 0 Å². The zero-order valence-electron chi connectivity index (χ0n) is 4.74. The Bertz CT molecular complexity index is 210. The third-order valence-corrected chi connectivity index (χ3v) is 1.28. The van der Waals surface area contributed by atoms with Crippen LogP contribution in [0.5, 0.6) is 0 Å². The number of hydrogen-bond acceptors (Lipinski definition) is 1. The second kappa shape index (κ2) is 5.88. The van der Waals surface area contributed by atoms with Crippen LogP contribution in [0.2, 0.25) is 0 Å². The van der Waals surface area contributed by atoms with Crippen LogP contribution in [0, 0.1) is 0 Å². The molecule has 0 fully saturated rings. The van der Waals surface area contributed by atoms with E-state index < -0.39 is 0 Å². The monoisotopic (exact) mass is 272 g/mol. The predicted octanol–water partition coefficient (Wildman–Crippen LogP) is 1.11. The van der Waals surface area contributed by atoms with E-state index in [0.29, 0.717) is 5.56 Å². The van der Waals surface area contributed by atoms with E-state index in [1.807, 2.05) is 18.2 Å². The fourth-order valence-corrected chi connectivity index (χ4v) is 0.730. The quantitative estimate of drug-likeness (QED) is 0.758. The maximum atomic E-state index is 10.5. The number of thiol groups is 1. The normalized spacial score (nSPS) is 8.10. The number of hydrogen-bond donors (Lipinski definition) is 1. The van der Waals surface area contributed by atoms with Crippen molar-refractivity contribution in [1.82, 2.24) is 0 Å². The Morgan fingerprint density at radius 1 is 1.20 bits per heavy atom. The Labute approximate surface area is 124 Å². The Hall–Kier alpha value is 1.29. The third kappa shape index (κ3) is 3.62. The molecule has 48 valence electrons. The molecule has 0 radical (unpaired) electrons. The van der Waals surface area contributed by atoms with E-state index in [1.54, 1.807) is 12.1 Å². The van der Waals surface area contributed by atoms with Crippen molar-refractivity contribution >= 4 is 86.6 Å². The maximum absolute atomic E-state index is 10.5. The van der Waals surface area contributed by atoms with Crippen LogP contribution in [0.3, 0.4) is 0 Å². The van der Waals surface area contributed by atoms with Crippen molar-refractivity contribution in [3.8, 4) is 0 Å². The Morgan fingerprint density at radius 2 is 1.70 bits per heavy atom. The molecule has 0 saturated carbocycles. The third-order valence-electron chi connectivity index (χ3n) is 1.02. The second-order valence-corrected chi connectivity index (χ2v) is 2.08. The molecule has 10 heavy (non-hydrogen) atoms. The summed E-state index contributed by atoms with van der Waals surface area (Å²) >= 11 is 3.65. The molecule has 3 heteroatoms. The molecule has 0 atom stereocenters. The Kier molecular flexibility index (Phi) is 6.64. The van der Waals surface area contributed by atoms with Gasteiger partial charge in [0.15, 0.2) is 0 Å². The Balaban J connectivity index is 0.000000810. The van der Waals surface area contributed by atoms with Crippen molar-refractivity contribution in [2.24, 2.45) is 0 Å². The minimum atomic E-state index is -0.185. The van der Waals surface area contributed by atoms with Gasteiger partial charge in [-0.25, -0.2) is 0 Å². The predicted molar refractivity (Wildman–Crippen MR) is 46.9 cm³/mol. The molecule has 0 N–H and O–H groups in total. The van der Waals surface area contributed by atoms with Crippen LogP contribution in [-0.4, -0.2) is 74.0 Å². The van der Waals surface area contributed by atoms with Crippen molar-refractivity contribution < 1.29 is 4.79 Å². The summed E-state index contributed by atoms with van der Waals surface area (Å²) in [5.74, 6) is 0. The van der Waals surface area contributed by atoms with Gasteiger partial charge < -0.3 is 0 Å².